The van der Waals surface area contributed by atoms with Crippen molar-refractivity contribution in [2.75, 3.05) is 26.6 Å². The number of methoxy groups -OCH3 is 3. The van der Waals surface area contributed by atoms with Crippen molar-refractivity contribution in [3.05, 3.63) is 36.4 Å². The Hall–Kier alpha value is -2.50. The van der Waals surface area contributed by atoms with Crippen LogP contribution in [0.5, 0.6) is 17.2 Å². The van der Waals surface area contributed by atoms with Gasteiger partial charge in [-0.3, -0.25) is 0 Å². The quantitative estimate of drug-likeness (QED) is 0.882. The summed E-state index contributed by atoms with van der Waals surface area (Å²) in [7, 11) is 4.79. The van der Waals surface area contributed by atoms with Crippen LogP contribution in [0.25, 0.3) is 0 Å². The van der Waals surface area contributed by atoms with Crippen molar-refractivity contribution < 1.29 is 14.2 Å². The van der Waals surface area contributed by atoms with Gasteiger partial charge < -0.3 is 19.5 Å². The van der Waals surface area contributed by atoms with Crippen LogP contribution in [0.4, 0.5) is 5.69 Å². The Bertz CT molecular complexity index is 565. The fourth-order valence-electron chi connectivity index (χ4n) is 2.06. The van der Waals surface area contributed by atoms with Crippen LogP contribution in [-0.4, -0.2) is 31.3 Å². The third-order valence-corrected chi connectivity index (χ3v) is 3.13. The fourth-order valence-corrected chi connectivity index (χ4v) is 2.06. The Morgan fingerprint density at radius 2 is 1.52 bits per heavy atom. The summed E-state index contributed by atoms with van der Waals surface area (Å²) < 4.78 is 16.0. The number of rotatable bonds is 6. The molecule has 1 heterocycles. The minimum absolute atomic E-state index is 0.0321. The van der Waals surface area contributed by atoms with Crippen molar-refractivity contribution in [1.82, 2.24) is 9.97 Å². The molecule has 1 aromatic carbocycles. The van der Waals surface area contributed by atoms with Gasteiger partial charge in [-0.25, -0.2) is 9.97 Å². The summed E-state index contributed by atoms with van der Waals surface area (Å²) in [6.45, 7) is 2.04. The van der Waals surface area contributed by atoms with E-state index in [4.69, 9.17) is 14.2 Å². The van der Waals surface area contributed by atoms with Gasteiger partial charge in [-0.1, -0.05) is 0 Å². The molecule has 1 unspecified atom stereocenters. The molecular weight excluding hydrogens is 270 g/mol. The van der Waals surface area contributed by atoms with Gasteiger partial charge in [-0.2, -0.15) is 0 Å². The molecule has 0 aliphatic rings. The van der Waals surface area contributed by atoms with Crippen molar-refractivity contribution in [3.63, 3.8) is 0 Å². The zero-order valence-corrected chi connectivity index (χ0v) is 12.6. The van der Waals surface area contributed by atoms with Crippen molar-refractivity contribution in [2.24, 2.45) is 0 Å². The summed E-state index contributed by atoms with van der Waals surface area (Å²) in [4.78, 5) is 7.97. The zero-order valence-electron chi connectivity index (χ0n) is 12.6. The molecule has 0 aliphatic carbocycles. The van der Waals surface area contributed by atoms with Crippen molar-refractivity contribution in [2.45, 2.75) is 13.0 Å². The smallest absolute Gasteiger partial charge is 0.203 e. The summed E-state index contributed by atoms with van der Waals surface area (Å²) >= 11 is 0. The number of ether oxygens (including phenoxy) is 3. The molecule has 1 atom stereocenters. The molecular formula is C15H19N3O3. The third kappa shape index (κ3) is 3.34. The van der Waals surface area contributed by atoms with Gasteiger partial charge in [-0.05, 0) is 24.6 Å². The van der Waals surface area contributed by atoms with E-state index in [-0.39, 0.29) is 6.04 Å². The SMILES string of the molecule is COc1cc(C(C)Nc2cncnc2)cc(OC)c1OC. The van der Waals surface area contributed by atoms with E-state index in [1.54, 1.807) is 33.7 Å². The molecule has 0 saturated heterocycles. The van der Waals surface area contributed by atoms with Gasteiger partial charge in [0.05, 0.1) is 39.4 Å². The first-order chi connectivity index (χ1) is 10.2. The highest BCUT2D eigenvalue weighted by Crippen LogP contribution is 2.40. The molecule has 0 bridgehead atoms. The Kier molecular flexibility index (Phi) is 4.81. The third-order valence-electron chi connectivity index (χ3n) is 3.13. The number of benzene rings is 1. The highest BCUT2D eigenvalue weighted by Gasteiger charge is 2.16. The molecule has 6 heteroatoms. The second-order valence-electron chi connectivity index (χ2n) is 4.45. The maximum atomic E-state index is 5.36. The lowest BCUT2D eigenvalue weighted by Crippen LogP contribution is -2.08. The molecule has 1 N–H and O–H groups in total. The number of anilines is 1. The Morgan fingerprint density at radius 3 is 2.00 bits per heavy atom. The van der Waals surface area contributed by atoms with Crippen molar-refractivity contribution >= 4 is 5.69 Å². The lowest BCUT2D eigenvalue weighted by Gasteiger charge is -2.19. The number of hydrogen-bond acceptors (Lipinski definition) is 6. The molecule has 112 valence electrons. The van der Waals surface area contributed by atoms with E-state index in [1.807, 2.05) is 19.1 Å². The first kappa shape index (κ1) is 14.9. The molecule has 0 spiro atoms. The van der Waals surface area contributed by atoms with E-state index in [9.17, 15) is 0 Å². The second kappa shape index (κ2) is 6.78. The van der Waals surface area contributed by atoms with E-state index < -0.39 is 0 Å². The van der Waals surface area contributed by atoms with Crippen LogP contribution in [0.15, 0.2) is 30.9 Å². The Morgan fingerprint density at radius 1 is 0.952 bits per heavy atom. The van der Waals surface area contributed by atoms with Gasteiger partial charge in [0.2, 0.25) is 5.75 Å². The molecule has 6 nitrogen and oxygen atoms in total. The lowest BCUT2D eigenvalue weighted by molar-refractivity contribution is 0.323. The van der Waals surface area contributed by atoms with E-state index in [0.717, 1.165) is 11.3 Å². The van der Waals surface area contributed by atoms with Gasteiger partial charge in [0, 0.05) is 6.04 Å². The van der Waals surface area contributed by atoms with E-state index in [0.29, 0.717) is 17.2 Å². The largest absolute Gasteiger partial charge is 0.493 e. The predicted octanol–water partition coefficient (Wildman–Crippen LogP) is 2.68. The van der Waals surface area contributed by atoms with Crippen LogP contribution in [0.1, 0.15) is 18.5 Å². The average Bonchev–Trinajstić information content (AvgIpc) is 2.54. The first-order valence-electron chi connectivity index (χ1n) is 6.51. The number of aromatic nitrogens is 2. The first-order valence-corrected chi connectivity index (χ1v) is 6.51. The number of nitrogens with zero attached hydrogens (tertiary/aromatic N) is 2. The second-order valence-corrected chi connectivity index (χ2v) is 4.45. The predicted molar refractivity (Wildman–Crippen MR) is 80.2 cm³/mol. The molecule has 0 aliphatic heterocycles. The van der Waals surface area contributed by atoms with Gasteiger partial charge >= 0.3 is 0 Å². The van der Waals surface area contributed by atoms with Crippen LogP contribution < -0.4 is 19.5 Å². The maximum absolute atomic E-state index is 5.36. The minimum Gasteiger partial charge on any atom is -0.493 e. The highest BCUT2D eigenvalue weighted by atomic mass is 16.5. The molecule has 0 amide bonds. The van der Waals surface area contributed by atoms with Crippen molar-refractivity contribution in [3.8, 4) is 17.2 Å². The van der Waals surface area contributed by atoms with E-state index in [2.05, 4.69) is 15.3 Å². The minimum atomic E-state index is 0.0321. The Labute approximate surface area is 124 Å². The normalized spacial score (nSPS) is 11.6. The molecule has 21 heavy (non-hydrogen) atoms. The van der Waals surface area contributed by atoms with Gasteiger partial charge in [0.15, 0.2) is 11.5 Å². The topological polar surface area (TPSA) is 65.5 Å². The summed E-state index contributed by atoms with van der Waals surface area (Å²) in [5.74, 6) is 1.84. The molecule has 1 aromatic heterocycles. The molecule has 2 aromatic rings. The van der Waals surface area contributed by atoms with E-state index in [1.165, 1.54) is 6.33 Å². The van der Waals surface area contributed by atoms with Crippen LogP contribution >= 0.6 is 0 Å². The number of hydrogen-bond donors (Lipinski definition) is 1. The fraction of sp³-hybridized carbons (Fsp3) is 0.333. The van der Waals surface area contributed by atoms with E-state index >= 15 is 0 Å². The summed E-state index contributed by atoms with van der Waals surface area (Å²) in [6, 6.07) is 3.87. The highest BCUT2D eigenvalue weighted by molar-refractivity contribution is 5.55. The van der Waals surface area contributed by atoms with Crippen LogP contribution in [-0.2, 0) is 0 Å². The van der Waals surface area contributed by atoms with Crippen LogP contribution in [0.2, 0.25) is 0 Å². The molecule has 0 fully saturated rings. The van der Waals surface area contributed by atoms with Crippen LogP contribution in [0, 0.1) is 0 Å². The standard InChI is InChI=1S/C15H19N3O3/c1-10(18-12-7-16-9-17-8-12)11-5-13(19-2)15(21-4)14(6-11)20-3/h5-10,18H,1-4H3. The van der Waals surface area contributed by atoms with Gasteiger partial charge in [0.1, 0.15) is 6.33 Å². The lowest BCUT2D eigenvalue weighted by atomic mass is 10.1. The zero-order chi connectivity index (χ0) is 15.2. The summed E-state index contributed by atoms with van der Waals surface area (Å²) in [5.41, 5.74) is 1.85. The maximum Gasteiger partial charge on any atom is 0.203 e. The molecule has 0 radical (unpaired) electrons. The van der Waals surface area contributed by atoms with Gasteiger partial charge in [0.25, 0.3) is 0 Å². The molecule has 0 saturated carbocycles. The average molecular weight is 289 g/mol. The van der Waals surface area contributed by atoms with Gasteiger partial charge in [-0.15, -0.1) is 0 Å². The number of nitrogens with one attached hydrogen (secondary N) is 1. The molecule has 2 rings (SSSR count). The van der Waals surface area contributed by atoms with Crippen LogP contribution in [0.3, 0.4) is 0 Å². The monoisotopic (exact) mass is 289 g/mol. The summed E-state index contributed by atoms with van der Waals surface area (Å²) in [5, 5.41) is 3.32. The van der Waals surface area contributed by atoms with Crippen molar-refractivity contribution in [1.29, 1.82) is 0 Å². The Balaban J connectivity index is 2.30. The summed E-state index contributed by atoms with van der Waals surface area (Å²) in [6.07, 6.45) is 4.94.